The summed E-state index contributed by atoms with van der Waals surface area (Å²) >= 11 is 0. The minimum atomic E-state index is -0.158. The number of anilines is 1. The van der Waals surface area contributed by atoms with Crippen LogP contribution in [0.25, 0.3) is 0 Å². The Morgan fingerprint density at radius 3 is 2.84 bits per heavy atom. The van der Waals surface area contributed by atoms with Crippen LogP contribution in [-0.2, 0) is 13.0 Å². The van der Waals surface area contributed by atoms with Gasteiger partial charge in [-0.15, -0.1) is 0 Å². The van der Waals surface area contributed by atoms with Crippen LogP contribution in [0.3, 0.4) is 0 Å². The standard InChI is InChI=1S/C15H16FN3/c1-10-8-17-15(18-11(10)2)19-6-5-12-7-14(16)4-3-13(12)9-19/h3-4,7-8H,5-6,9H2,1-2H3. The highest BCUT2D eigenvalue weighted by atomic mass is 19.1. The number of halogens is 1. The van der Waals surface area contributed by atoms with Gasteiger partial charge in [-0.25, -0.2) is 14.4 Å². The first-order valence-electron chi connectivity index (χ1n) is 6.46. The van der Waals surface area contributed by atoms with Crippen molar-refractivity contribution in [3.63, 3.8) is 0 Å². The van der Waals surface area contributed by atoms with Crippen LogP contribution >= 0.6 is 0 Å². The molecule has 1 aromatic heterocycles. The van der Waals surface area contributed by atoms with Crippen molar-refractivity contribution in [1.82, 2.24) is 9.97 Å². The van der Waals surface area contributed by atoms with Crippen molar-refractivity contribution in [2.75, 3.05) is 11.4 Å². The molecule has 2 heterocycles. The van der Waals surface area contributed by atoms with E-state index in [4.69, 9.17) is 0 Å². The van der Waals surface area contributed by atoms with Gasteiger partial charge in [0, 0.05) is 25.0 Å². The molecule has 3 rings (SSSR count). The quantitative estimate of drug-likeness (QED) is 0.786. The summed E-state index contributed by atoms with van der Waals surface area (Å²) in [6.07, 6.45) is 2.70. The average molecular weight is 257 g/mol. The third kappa shape index (κ3) is 2.30. The molecule has 0 amide bonds. The zero-order valence-corrected chi connectivity index (χ0v) is 11.2. The third-order valence-electron chi connectivity index (χ3n) is 3.68. The molecule has 1 aliphatic rings. The smallest absolute Gasteiger partial charge is 0.225 e. The number of aryl methyl sites for hydroxylation is 2. The lowest BCUT2D eigenvalue weighted by atomic mass is 10.00. The fraction of sp³-hybridized carbons (Fsp3) is 0.333. The highest BCUT2D eigenvalue weighted by Gasteiger charge is 2.19. The van der Waals surface area contributed by atoms with Crippen LogP contribution in [0.5, 0.6) is 0 Å². The van der Waals surface area contributed by atoms with E-state index in [-0.39, 0.29) is 5.82 Å². The van der Waals surface area contributed by atoms with Gasteiger partial charge in [-0.2, -0.15) is 0 Å². The molecule has 4 heteroatoms. The summed E-state index contributed by atoms with van der Waals surface area (Å²) in [5.74, 6) is 0.604. The Bertz CT molecular complexity index is 625. The molecule has 0 N–H and O–H groups in total. The van der Waals surface area contributed by atoms with Crippen LogP contribution in [-0.4, -0.2) is 16.5 Å². The van der Waals surface area contributed by atoms with E-state index in [9.17, 15) is 4.39 Å². The number of fused-ring (bicyclic) bond motifs is 1. The summed E-state index contributed by atoms with van der Waals surface area (Å²) in [6.45, 7) is 5.58. The molecule has 0 unspecified atom stereocenters. The predicted octanol–water partition coefficient (Wildman–Crippen LogP) is 2.80. The van der Waals surface area contributed by atoms with Gasteiger partial charge in [-0.05, 0) is 49.1 Å². The minimum absolute atomic E-state index is 0.158. The Morgan fingerprint density at radius 2 is 2.05 bits per heavy atom. The molecular formula is C15H16FN3. The van der Waals surface area contributed by atoms with Gasteiger partial charge in [0.05, 0.1) is 0 Å². The van der Waals surface area contributed by atoms with E-state index in [1.807, 2.05) is 26.1 Å². The molecule has 19 heavy (non-hydrogen) atoms. The monoisotopic (exact) mass is 257 g/mol. The molecule has 1 aliphatic heterocycles. The van der Waals surface area contributed by atoms with Crippen LogP contribution in [0.1, 0.15) is 22.4 Å². The number of rotatable bonds is 1. The molecule has 3 nitrogen and oxygen atoms in total. The zero-order valence-electron chi connectivity index (χ0n) is 11.2. The second-order valence-corrected chi connectivity index (χ2v) is 5.02. The predicted molar refractivity (Wildman–Crippen MR) is 72.7 cm³/mol. The van der Waals surface area contributed by atoms with Crippen molar-refractivity contribution in [2.45, 2.75) is 26.8 Å². The molecule has 1 aromatic carbocycles. The van der Waals surface area contributed by atoms with Crippen LogP contribution < -0.4 is 4.90 Å². The summed E-state index contributed by atoms with van der Waals surface area (Å²) in [4.78, 5) is 11.1. The van der Waals surface area contributed by atoms with E-state index in [1.165, 1.54) is 6.07 Å². The van der Waals surface area contributed by atoms with Crippen LogP contribution in [0.2, 0.25) is 0 Å². The maximum Gasteiger partial charge on any atom is 0.225 e. The third-order valence-corrected chi connectivity index (χ3v) is 3.68. The molecular weight excluding hydrogens is 241 g/mol. The molecule has 98 valence electrons. The second-order valence-electron chi connectivity index (χ2n) is 5.02. The van der Waals surface area contributed by atoms with E-state index in [1.54, 1.807) is 6.07 Å². The van der Waals surface area contributed by atoms with Crippen LogP contribution in [0.15, 0.2) is 24.4 Å². The van der Waals surface area contributed by atoms with E-state index in [2.05, 4.69) is 14.9 Å². The second kappa shape index (κ2) is 4.61. The lowest BCUT2D eigenvalue weighted by Gasteiger charge is -2.29. The first kappa shape index (κ1) is 12.1. The van der Waals surface area contributed by atoms with Gasteiger partial charge < -0.3 is 4.90 Å². The van der Waals surface area contributed by atoms with Gasteiger partial charge in [-0.1, -0.05) is 6.07 Å². The van der Waals surface area contributed by atoms with E-state index in [0.717, 1.165) is 47.8 Å². The number of hydrogen-bond acceptors (Lipinski definition) is 3. The van der Waals surface area contributed by atoms with E-state index < -0.39 is 0 Å². The normalized spacial score (nSPS) is 14.4. The van der Waals surface area contributed by atoms with Crippen molar-refractivity contribution in [3.05, 3.63) is 52.6 Å². The Balaban J connectivity index is 1.89. The number of hydrogen-bond donors (Lipinski definition) is 0. The molecule has 0 atom stereocenters. The lowest BCUT2D eigenvalue weighted by molar-refractivity contribution is 0.618. The Labute approximate surface area is 112 Å². The van der Waals surface area contributed by atoms with Crippen molar-refractivity contribution >= 4 is 5.95 Å². The number of nitrogens with zero attached hydrogens (tertiary/aromatic N) is 3. The highest BCUT2D eigenvalue weighted by Crippen LogP contribution is 2.23. The summed E-state index contributed by atoms with van der Waals surface area (Å²) in [7, 11) is 0. The minimum Gasteiger partial charge on any atom is -0.336 e. The van der Waals surface area contributed by atoms with Crippen molar-refractivity contribution in [3.8, 4) is 0 Å². The van der Waals surface area contributed by atoms with Crippen molar-refractivity contribution in [2.24, 2.45) is 0 Å². The molecule has 0 aliphatic carbocycles. The Morgan fingerprint density at radius 1 is 1.21 bits per heavy atom. The largest absolute Gasteiger partial charge is 0.336 e. The summed E-state index contributed by atoms with van der Waals surface area (Å²) < 4.78 is 13.2. The molecule has 0 radical (unpaired) electrons. The summed E-state index contributed by atoms with van der Waals surface area (Å²) in [6, 6.07) is 5.01. The van der Waals surface area contributed by atoms with Crippen LogP contribution in [0.4, 0.5) is 10.3 Å². The zero-order chi connectivity index (χ0) is 13.4. The Hall–Kier alpha value is -1.97. The maximum atomic E-state index is 13.2. The average Bonchev–Trinajstić information content (AvgIpc) is 2.41. The van der Waals surface area contributed by atoms with Crippen molar-refractivity contribution < 1.29 is 4.39 Å². The molecule has 0 saturated carbocycles. The molecule has 0 spiro atoms. The van der Waals surface area contributed by atoms with Gasteiger partial charge in [-0.3, -0.25) is 0 Å². The number of benzene rings is 1. The van der Waals surface area contributed by atoms with Crippen molar-refractivity contribution in [1.29, 1.82) is 0 Å². The maximum absolute atomic E-state index is 13.2. The first-order valence-corrected chi connectivity index (χ1v) is 6.46. The SMILES string of the molecule is Cc1cnc(N2CCc3cc(F)ccc3C2)nc1C. The van der Waals surface area contributed by atoms with Gasteiger partial charge >= 0.3 is 0 Å². The first-order chi connectivity index (χ1) is 9.13. The topological polar surface area (TPSA) is 29.0 Å². The van der Waals surface area contributed by atoms with E-state index in [0.29, 0.717) is 0 Å². The van der Waals surface area contributed by atoms with Gasteiger partial charge in [0.15, 0.2) is 0 Å². The molecule has 2 aromatic rings. The highest BCUT2D eigenvalue weighted by molar-refractivity contribution is 5.40. The van der Waals surface area contributed by atoms with Gasteiger partial charge in [0.1, 0.15) is 5.82 Å². The molecule has 0 bridgehead atoms. The van der Waals surface area contributed by atoms with Crippen LogP contribution in [0, 0.1) is 19.7 Å². The molecule has 0 fully saturated rings. The number of aromatic nitrogens is 2. The van der Waals surface area contributed by atoms with Gasteiger partial charge in [0.2, 0.25) is 5.95 Å². The fourth-order valence-corrected chi connectivity index (χ4v) is 2.36. The lowest BCUT2D eigenvalue weighted by Crippen LogP contribution is -2.32. The Kier molecular flexibility index (Phi) is 2.93. The summed E-state index contributed by atoms with van der Waals surface area (Å²) in [5, 5.41) is 0. The molecule has 0 saturated heterocycles. The van der Waals surface area contributed by atoms with E-state index >= 15 is 0 Å². The fourth-order valence-electron chi connectivity index (χ4n) is 2.36. The summed E-state index contributed by atoms with van der Waals surface area (Å²) in [5.41, 5.74) is 4.37. The van der Waals surface area contributed by atoms with Gasteiger partial charge in [0.25, 0.3) is 0 Å².